The summed E-state index contributed by atoms with van der Waals surface area (Å²) in [6.07, 6.45) is 0.642. The van der Waals surface area contributed by atoms with Gasteiger partial charge in [-0.05, 0) is 38.4 Å². The summed E-state index contributed by atoms with van der Waals surface area (Å²) >= 11 is 0. The molecule has 0 spiro atoms. The van der Waals surface area contributed by atoms with Gasteiger partial charge in [-0.1, -0.05) is 23.4 Å². The molecule has 2 rings (SSSR count). The Hall–Kier alpha value is -1.81. The lowest BCUT2D eigenvalue weighted by molar-refractivity contribution is 0.180. The Labute approximate surface area is 107 Å². The highest BCUT2D eigenvalue weighted by Gasteiger charge is 2.14. The zero-order valence-corrected chi connectivity index (χ0v) is 10.7. The Morgan fingerprint density at radius 2 is 2.17 bits per heavy atom. The average molecular weight is 246 g/mol. The largest absolute Gasteiger partial charge is 0.482 e. The second-order valence-electron chi connectivity index (χ2n) is 4.28. The molecule has 4 heteroatoms. The molecule has 0 saturated heterocycles. The van der Waals surface area contributed by atoms with Crippen LogP contribution in [0.5, 0.6) is 5.75 Å². The minimum Gasteiger partial charge on any atom is -0.482 e. The molecule has 96 valence electrons. The lowest BCUT2D eigenvalue weighted by Gasteiger charge is -2.15. The fourth-order valence-electron chi connectivity index (χ4n) is 1.80. The first-order chi connectivity index (χ1) is 8.70. The van der Waals surface area contributed by atoms with Crippen LogP contribution in [0, 0.1) is 6.92 Å². The van der Waals surface area contributed by atoms with Crippen LogP contribution in [0.15, 0.2) is 34.9 Å². The van der Waals surface area contributed by atoms with Crippen LogP contribution in [0.1, 0.15) is 30.0 Å². The monoisotopic (exact) mass is 246 g/mol. The molecule has 0 aliphatic carbocycles. The molecule has 2 N–H and O–H groups in total. The van der Waals surface area contributed by atoms with Gasteiger partial charge in [-0.3, -0.25) is 0 Å². The van der Waals surface area contributed by atoms with E-state index in [1.54, 1.807) is 0 Å². The summed E-state index contributed by atoms with van der Waals surface area (Å²) in [6, 6.07) is 9.80. The summed E-state index contributed by atoms with van der Waals surface area (Å²) in [7, 11) is 0. The normalized spacial score (nSPS) is 12.4. The van der Waals surface area contributed by atoms with Crippen LogP contribution >= 0.6 is 0 Å². The van der Waals surface area contributed by atoms with Gasteiger partial charge in [-0.2, -0.15) is 0 Å². The van der Waals surface area contributed by atoms with Crippen LogP contribution < -0.4 is 10.5 Å². The minimum atomic E-state index is -0.162. The third-order valence-corrected chi connectivity index (χ3v) is 2.74. The summed E-state index contributed by atoms with van der Waals surface area (Å²) in [6.45, 7) is 4.44. The van der Waals surface area contributed by atoms with E-state index in [-0.39, 0.29) is 6.10 Å². The van der Waals surface area contributed by atoms with Crippen LogP contribution in [0.2, 0.25) is 0 Å². The van der Waals surface area contributed by atoms with Gasteiger partial charge in [0.1, 0.15) is 5.75 Å². The van der Waals surface area contributed by atoms with Gasteiger partial charge in [0.05, 0.1) is 5.69 Å². The number of para-hydroxylation sites is 1. The summed E-state index contributed by atoms with van der Waals surface area (Å²) < 4.78 is 11.1. The van der Waals surface area contributed by atoms with Crippen molar-refractivity contribution in [3.05, 3.63) is 47.3 Å². The molecular formula is C14H18N2O2. The number of benzene rings is 1. The Balaban J connectivity index is 2.13. The maximum absolute atomic E-state index is 5.91. The highest BCUT2D eigenvalue weighted by atomic mass is 16.5. The van der Waals surface area contributed by atoms with Gasteiger partial charge < -0.3 is 15.0 Å². The summed E-state index contributed by atoms with van der Waals surface area (Å²) in [4.78, 5) is 0. The van der Waals surface area contributed by atoms with Crippen LogP contribution in [0.25, 0.3) is 0 Å². The number of rotatable bonds is 5. The van der Waals surface area contributed by atoms with E-state index < -0.39 is 0 Å². The standard InChI is InChI=1S/C14H18N2O2/c1-10-9-14(18-16-10)11(2)17-13-6-4-3-5-12(13)7-8-15/h3-6,9,11H,7-8,15H2,1-2H3. The first-order valence-electron chi connectivity index (χ1n) is 6.08. The molecule has 1 atom stereocenters. The second kappa shape index (κ2) is 5.69. The Morgan fingerprint density at radius 3 is 2.83 bits per heavy atom. The number of aryl methyl sites for hydroxylation is 1. The molecule has 0 aliphatic rings. The number of aromatic nitrogens is 1. The van der Waals surface area contributed by atoms with E-state index in [0.717, 1.165) is 29.2 Å². The molecule has 0 radical (unpaired) electrons. The van der Waals surface area contributed by atoms with Crippen molar-refractivity contribution >= 4 is 0 Å². The van der Waals surface area contributed by atoms with E-state index in [4.69, 9.17) is 15.0 Å². The van der Waals surface area contributed by atoms with Gasteiger partial charge in [0.25, 0.3) is 0 Å². The number of nitrogens with two attached hydrogens (primary N) is 1. The Morgan fingerprint density at radius 1 is 1.39 bits per heavy atom. The first kappa shape index (κ1) is 12.6. The fourth-order valence-corrected chi connectivity index (χ4v) is 1.80. The van der Waals surface area contributed by atoms with Gasteiger partial charge >= 0.3 is 0 Å². The van der Waals surface area contributed by atoms with E-state index in [2.05, 4.69) is 5.16 Å². The molecule has 1 aromatic carbocycles. The summed E-state index contributed by atoms with van der Waals surface area (Å²) in [5, 5.41) is 3.86. The smallest absolute Gasteiger partial charge is 0.177 e. The van der Waals surface area contributed by atoms with Crippen molar-refractivity contribution < 1.29 is 9.26 Å². The quantitative estimate of drug-likeness (QED) is 0.881. The highest BCUT2D eigenvalue weighted by molar-refractivity contribution is 5.34. The Kier molecular flexibility index (Phi) is 3.99. The predicted molar refractivity (Wildman–Crippen MR) is 69.5 cm³/mol. The first-order valence-corrected chi connectivity index (χ1v) is 6.08. The molecule has 0 saturated carbocycles. The predicted octanol–water partition coefficient (Wildman–Crippen LogP) is 2.62. The van der Waals surface area contributed by atoms with Crippen LogP contribution in [0.3, 0.4) is 0 Å². The molecule has 1 aromatic heterocycles. The highest BCUT2D eigenvalue weighted by Crippen LogP contribution is 2.25. The van der Waals surface area contributed by atoms with Crippen molar-refractivity contribution in [3.63, 3.8) is 0 Å². The zero-order valence-electron chi connectivity index (χ0n) is 10.7. The molecular weight excluding hydrogens is 228 g/mol. The van der Waals surface area contributed by atoms with Gasteiger partial charge in [0.15, 0.2) is 11.9 Å². The maximum Gasteiger partial charge on any atom is 0.177 e. The van der Waals surface area contributed by atoms with E-state index in [1.165, 1.54) is 0 Å². The Bertz CT molecular complexity index is 508. The summed E-state index contributed by atoms with van der Waals surface area (Å²) in [5.74, 6) is 1.58. The number of hydrogen-bond acceptors (Lipinski definition) is 4. The van der Waals surface area contributed by atoms with Crippen molar-refractivity contribution in [3.8, 4) is 5.75 Å². The number of nitrogens with zero attached hydrogens (tertiary/aromatic N) is 1. The van der Waals surface area contributed by atoms with E-state index in [9.17, 15) is 0 Å². The van der Waals surface area contributed by atoms with E-state index in [1.807, 2.05) is 44.2 Å². The minimum absolute atomic E-state index is 0.162. The molecule has 0 aliphatic heterocycles. The van der Waals surface area contributed by atoms with E-state index in [0.29, 0.717) is 6.54 Å². The van der Waals surface area contributed by atoms with Gasteiger partial charge in [-0.25, -0.2) is 0 Å². The van der Waals surface area contributed by atoms with Crippen LogP contribution in [-0.2, 0) is 6.42 Å². The summed E-state index contributed by atoms with van der Waals surface area (Å²) in [5.41, 5.74) is 7.56. The van der Waals surface area contributed by atoms with Crippen molar-refractivity contribution in [2.45, 2.75) is 26.4 Å². The number of ether oxygens (including phenoxy) is 1. The molecule has 2 aromatic rings. The van der Waals surface area contributed by atoms with E-state index >= 15 is 0 Å². The third kappa shape index (κ3) is 2.90. The lowest BCUT2D eigenvalue weighted by Crippen LogP contribution is -2.07. The lowest BCUT2D eigenvalue weighted by atomic mass is 10.1. The molecule has 0 fully saturated rings. The molecule has 1 heterocycles. The molecule has 0 amide bonds. The van der Waals surface area contributed by atoms with Crippen molar-refractivity contribution in [2.24, 2.45) is 5.73 Å². The third-order valence-electron chi connectivity index (χ3n) is 2.74. The molecule has 18 heavy (non-hydrogen) atoms. The van der Waals surface area contributed by atoms with Gasteiger partial charge in [0.2, 0.25) is 0 Å². The van der Waals surface area contributed by atoms with Crippen molar-refractivity contribution in [1.29, 1.82) is 0 Å². The fraction of sp³-hybridized carbons (Fsp3) is 0.357. The number of hydrogen-bond donors (Lipinski definition) is 1. The van der Waals surface area contributed by atoms with Crippen LogP contribution in [-0.4, -0.2) is 11.7 Å². The second-order valence-corrected chi connectivity index (χ2v) is 4.28. The molecule has 1 unspecified atom stereocenters. The molecule has 0 bridgehead atoms. The topological polar surface area (TPSA) is 61.3 Å². The van der Waals surface area contributed by atoms with Crippen molar-refractivity contribution in [2.75, 3.05) is 6.54 Å². The zero-order chi connectivity index (χ0) is 13.0. The van der Waals surface area contributed by atoms with Crippen LogP contribution in [0.4, 0.5) is 0 Å². The van der Waals surface area contributed by atoms with Gasteiger partial charge in [0, 0.05) is 6.07 Å². The maximum atomic E-state index is 5.91. The SMILES string of the molecule is Cc1cc(C(C)Oc2ccccc2CCN)on1. The van der Waals surface area contributed by atoms with Crippen molar-refractivity contribution in [1.82, 2.24) is 5.16 Å². The molecule has 4 nitrogen and oxygen atoms in total. The van der Waals surface area contributed by atoms with Gasteiger partial charge in [-0.15, -0.1) is 0 Å². The average Bonchev–Trinajstić information content (AvgIpc) is 2.79.